The van der Waals surface area contributed by atoms with Crippen LogP contribution in [0.15, 0.2) is 12.2 Å². The molecule has 0 N–H and O–H groups in total. The molecule has 0 saturated carbocycles. The van der Waals surface area contributed by atoms with E-state index in [9.17, 15) is 4.79 Å². The molecule has 55 valence electrons. The van der Waals surface area contributed by atoms with Crippen molar-refractivity contribution in [3.63, 3.8) is 0 Å². The molecule has 0 unspecified atom stereocenters. The van der Waals surface area contributed by atoms with Gasteiger partial charge in [0.2, 0.25) is 5.91 Å². The van der Waals surface area contributed by atoms with E-state index in [4.69, 9.17) is 0 Å². The van der Waals surface area contributed by atoms with E-state index >= 15 is 0 Å². The van der Waals surface area contributed by atoms with E-state index in [1.54, 1.807) is 17.1 Å². The average molecular weight is 138 g/mol. The standard InChI is InChI=1S/C8H12NO/c1-2-5-8(10)9-6-3-4-7-9/h2,5-6H,3-4,7H2,1H3. The fraction of sp³-hybridized carbons (Fsp3) is 0.500. The van der Waals surface area contributed by atoms with Crippen LogP contribution in [0.3, 0.4) is 0 Å². The van der Waals surface area contributed by atoms with Crippen molar-refractivity contribution in [1.82, 2.24) is 4.90 Å². The lowest BCUT2D eigenvalue weighted by Gasteiger charge is -2.10. The van der Waals surface area contributed by atoms with Crippen LogP contribution < -0.4 is 0 Å². The zero-order valence-corrected chi connectivity index (χ0v) is 6.21. The normalized spacial score (nSPS) is 18.7. The summed E-state index contributed by atoms with van der Waals surface area (Å²) < 4.78 is 0. The Hall–Kier alpha value is -0.790. The first-order valence-electron chi connectivity index (χ1n) is 3.61. The minimum atomic E-state index is 0.111. The summed E-state index contributed by atoms with van der Waals surface area (Å²) in [6.07, 6.45) is 5.53. The number of amides is 1. The first kappa shape index (κ1) is 7.32. The van der Waals surface area contributed by atoms with Crippen LogP contribution in [0.1, 0.15) is 19.8 Å². The second kappa shape index (κ2) is 3.40. The van der Waals surface area contributed by atoms with Gasteiger partial charge in [-0.1, -0.05) is 6.08 Å². The second-order valence-electron chi connectivity index (χ2n) is 2.36. The van der Waals surface area contributed by atoms with Gasteiger partial charge in [-0.3, -0.25) is 4.79 Å². The number of carbonyl (C=O) groups is 1. The molecule has 0 spiro atoms. The van der Waals surface area contributed by atoms with Crippen molar-refractivity contribution in [2.24, 2.45) is 0 Å². The second-order valence-corrected chi connectivity index (χ2v) is 2.36. The minimum absolute atomic E-state index is 0.111. The van der Waals surface area contributed by atoms with Crippen LogP contribution in [0.4, 0.5) is 0 Å². The third-order valence-corrected chi connectivity index (χ3v) is 1.54. The number of hydrogen-bond donors (Lipinski definition) is 0. The van der Waals surface area contributed by atoms with E-state index in [2.05, 4.69) is 0 Å². The SMILES string of the molecule is CC=CC(=O)N1[CH]CCC1. The third-order valence-electron chi connectivity index (χ3n) is 1.54. The summed E-state index contributed by atoms with van der Waals surface area (Å²) in [6, 6.07) is 0. The predicted molar refractivity (Wildman–Crippen MR) is 40.1 cm³/mol. The van der Waals surface area contributed by atoms with Crippen LogP contribution in [0.2, 0.25) is 0 Å². The van der Waals surface area contributed by atoms with Gasteiger partial charge in [0.1, 0.15) is 0 Å². The fourth-order valence-corrected chi connectivity index (χ4v) is 1.04. The highest BCUT2D eigenvalue weighted by Gasteiger charge is 2.14. The molecule has 1 saturated heterocycles. The van der Waals surface area contributed by atoms with E-state index in [-0.39, 0.29) is 5.91 Å². The first-order valence-corrected chi connectivity index (χ1v) is 3.61. The zero-order chi connectivity index (χ0) is 7.40. The Morgan fingerprint density at radius 3 is 3.00 bits per heavy atom. The number of carbonyl (C=O) groups excluding carboxylic acids is 1. The molecule has 2 nitrogen and oxygen atoms in total. The molecule has 0 aromatic heterocycles. The molecule has 2 heteroatoms. The summed E-state index contributed by atoms with van der Waals surface area (Å²) in [5, 5.41) is 0. The van der Waals surface area contributed by atoms with E-state index in [1.807, 2.05) is 13.5 Å². The van der Waals surface area contributed by atoms with Gasteiger partial charge >= 0.3 is 0 Å². The predicted octanol–water partition coefficient (Wildman–Crippen LogP) is 1.35. The molecule has 1 rings (SSSR count). The summed E-state index contributed by atoms with van der Waals surface area (Å²) >= 11 is 0. The van der Waals surface area contributed by atoms with Crippen molar-refractivity contribution in [2.45, 2.75) is 19.8 Å². The number of allylic oxidation sites excluding steroid dienone is 1. The van der Waals surface area contributed by atoms with Gasteiger partial charge in [0.25, 0.3) is 0 Å². The quantitative estimate of drug-likeness (QED) is 0.501. The molecule has 1 aliphatic heterocycles. The zero-order valence-electron chi connectivity index (χ0n) is 6.21. The Kier molecular flexibility index (Phi) is 2.49. The molecule has 0 atom stereocenters. The maximum Gasteiger partial charge on any atom is 0.246 e. The van der Waals surface area contributed by atoms with E-state index in [0.29, 0.717) is 0 Å². The topological polar surface area (TPSA) is 20.3 Å². The van der Waals surface area contributed by atoms with Crippen LogP contribution in [-0.4, -0.2) is 17.4 Å². The Morgan fingerprint density at radius 2 is 2.50 bits per heavy atom. The Labute approximate surface area is 61.5 Å². The molecule has 0 bridgehead atoms. The van der Waals surface area contributed by atoms with Crippen LogP contribution in [0, 0.1) is 6.54 Å². The molecule has 0 aliphatic carbocycles. The summed E-state index contributed by atoms with van der Waals surface area (Å²) in [7, 11) is 0. The molecule has 1 aliphatic rings. The number of rotatable bonds is 1. The Bertz CT molecular complexity index is 145. The lowest BCUT2D eigenvalue weighted by atomic mass is 10.4. The van der Waals surface area contributed by atoms with Crippen molar-refractivity contribution in [1.29, 1.82) is 0 Å². The summed E-state index contributed by atoms with van der Waals surface area (Å²) in [5.74, 6) is 0.111. The Morgan fingerprint density at radius 1 is 1.70 bits per heavy atom. The number of hydrogen-bond acceptors (Lipinski definition) is 1. The molecule has 1 heterocycles. The van der Waals surface area contributed by atoms with Gasteiger partial charge in [-0.25, -0.2) is 0 Å². The highest BCUT2D eigenvalue weighted by molar-refractivity contribution is 5.88. The molecular weight excluding hydrogens is 126 g/mol. The molecule has 0 aromatic carbocycles. The van der Waals surface area contributed by atoms with Gasteiger partial charge in [0, 0.05) is 6.54 Å². The molecule has 1 radical (unpaired) electrons. The van der Waals surface area contributed by atoms with Crippen molar-refractivity contribution in [3.8, 4) is 0 Å². The number of nitrogens with zero attached hydrogens (tertiary/aromatic N) is 1. The van der Waals surface area contributed by atoms with Gasteiger partial charge < -0.3 is 4.90 Å². The van der Waals surface area contributed by atoms with E-state index in [0.717, 1.165) is 19.4 Å². The minimum Gasteiger partial charge on any atom is -0.334 e. The fourth-order valence-electron chi connectivity index (χ4n) is 1.04. The molecule has 1 amide bonds. The van der Waals surface area contributed by atoms with Gasteiger partial charge in [-0.05, 0) is 25.8 Å². The van der Waals surface area contributed by atoms with Gasteiger partial charge in [0.05, 0.1) is 6.54 Å². The summed E-state index contributed by atoms with van der Waals surface area (Å²) in [4.78, 5) is 12.8. The van der Waals surface area contributed by atoms with Gasteiger partial charge in [-0.2, -0.15) is 0 Å². The van der Waals surface area contributed by atoms with Gasteiger partial charge in [-0.15, -0.1) is 0 Å². The molecule has 1 fully saturated rings. The smallest absolute Gasteiger partial charge is 0.246 e. The average Bonchev–Trinajstić information content (AvgIpc) is 2.38. The van der Waals surface area contributed by atoms with Crippen molar-refractivity contribution < 1.29 is 4.79 Å². The maximum absolute atomic E-state index is 11.1. The lowest BCUT2D eigenvalue weighted by molar-refractivity contribution is -0.123. The van der Waals surface area contributed by atoms with Crippen molar-refractivity contribution in [2.75, 3.05) is 6.54 Å². The van der Waals surface area contributed by atoms with Crippen LogP contribution in [0.25, 0.3) is 0 Å². The van der Waals surface area contributed by atoms with E-state index in [1.165, 1.54) is 0 Å². The third kappa shape index (κ3) is 1.59. The summed E-state index contributed by atoms with van der Waals surface area (Å²) in [5.41, 5.74) is 0. The van der Waals surface area contributed by atoms with E-state index < -0.39 is 0 Å². The highest BCUT2D eigenvalue weighted by atomic mass is 16.2. The first-order chi connectivity index (χ1) is 4.84. The van der Waals surface area contributed by atoms with Crippen LogP contribution in [-0.2, 0) is 4.79 Å². The van der Waals surface area contributed by atoms with Crippen LogP contribution >= 0.6 is 0 Å². The van der Waals surface area contributed by atoms with Crippen molar-refractivity contribution >= 4 is 5.91 Å². The molecular formula is C8H12NO. The van der Waals surface area contributed by atoms with Crippen LogP contribution in [0.5, 0.6) is 0 Å². The van der Waals surface area contributed by atoms with Gasteiger partial charge in [0.15, 0.2) is 0 Å². The number of likely N-dealkylation sites (tertiary alicyclic amines) is 1. The molecule has 10 heavy (non-hydrogen) atoms. The maximum atomic E-state index is 11.1. The molecule has 0 aromatic rings. The lowest BCUT2D eigenvalue weighted by Crippen LogP contribution is -2.22. The largest absolute Gasteiger partial charge is 0.334 e. The summed E-state index contributed by atoms with van der Waals surface area (Å²) in [6.45, 7) is 4.71. The highest BCUT2D eigenvalue weighted by Crippen LogP contribution is 2.11. The monoisotopic (exact) mass is 138 g/mol. The Balaban J connectivity index is 2.40. The van der Waals surface area contributed by atoms with Crippen molar-refractivity contribution in [3.05, 3.63) is 18.7 Å².